The Balaban J connectivity index is 1.30. The van der Waals surface area contributed by atoms with E-state index in [1.54, 1.807) is 0 Å². The summed E-state index contributed by atoms with van der Waals surface area (Å²) in [5.41, 5.74) is 12.3. The van der Waals surface area contributed by atoms with Gasteiger partial charge in [-0.25, -0.2) is 0 Å². The van der Waals surface area contributed by atoms with Crippen LogP contribution in [0, 0.1) is 0 Å². The minimum atomic E-state index is -0.465. The minimum absolute atomic E-state index is 0.465. The SMILES string of the molecule is c1cc(-c2ccc3ccccc3c2)cc(C2(c3cccc(-c4ccc5ccccc5c4)c3)c3ccccc3-c3ccccc32)c1. The predicted octanol–water partition coefficient (Wildman–Crippen LogP) is 11.7. The summed E-state index contributed by atoms with van der Waals surface area (Å²) in [5.74, 6) is 0. The van der Waals surface area contributed by atoms with E-state index >= 15 is 0 Å². The van der Waals surface area contributed by atoms with Gasteiger partial charge in [0.15, 0.2) is 0 Å². The molecule has 45 heavy (non-hydrogen) atoms. The second kappa shape index (κ2) is 10.2. The molecule has 9 rings (SSSR count). The van der Waals surface area contributed by atoms with Crippen LogP contribution in [0.1, 0.15) is 22.3 Å². The van der Waals surface area contributed by atoms with Crippen molar-refractivity contribution in [3.05, 3.63) is 204 Å². The Morgan fingerprint density at radius 1 is 0.267 bits per heavy atom. The van der Waals surface area contributed by atoms with Crippen LogP contribution in [0.3, 0.4) is 0 Å². The molecule has 0 saturated heterocycles. The summed E-state index contributed by atoms with van der Waals surface area (Å²) in [6.45, 7) is 0. The van der Waals surface area contributed by atoms with Crippen molar-refractivity contribution in [1.82, 2.24) is 0 Å². The Kier molecular flexibility index (Phi) is 5.83. The largest absolute Gasteiger partial charge is 0.0713 e. The normalized spacial score (nSPS) is 13.1. The van der Waals surface area contributed by atoms with Gasteiger partial charge in [0.2, 0.25) is 0 Å². The summed E-state index contributed by atoms with van der Waals surface area (Å²) in [6, 6.07) is 67.3. The van der Waals surface area contributed by atoms with Gasteiger partial charge in [-0.3, -0.25) is 0 Å². The molecule has 1 aliphatic rings. The van der Waals surface area contributed by atoms with Gasteiger partial charge >= 0.3 is 0 Å². The third-order valence-electron chi connectivity index (χ3n) is 9.71. The third-order valence-corrected chi connectivity index (χ3v) is 9.71. The van der Waals surface area contributed by atoms with Crippen molar-refractivity contribution in [2.75, 3.05) is 0 Å². The molecule has 0 fully saturated rings. The first-order valence-electron chi connectivity index (χ1n) is 15.7. The van der Waals surface area contributed by atoms with Gasteiger partial charge in [0, 0.05) is 0 Å². The summed E-state index contributed by atoms with van der Waals surface area (Å²) in [5, 5.41) is 5.04. The average Bonchev–Trinajstić information content (AvgIpc) is 3.42. The number of rotatable bonds is 4. The monoisotopic (exact) mass is 570 g/mol. The lowest BCUT2D eigenvalue weighted by Gasteiger charge is -2.34. The van der Waals surface area contributed by atoms with Gasteiger partial charge < -0.3 is 0 Å². The highest BCUT2D eigenvalue weighted by molar-refractivity contribution is 5.90. The van der Waals surface area contributed by atoms with Crippen molar-refractivity contribution in [2.24, 2.45) is 0 Å². The Bertz CT molecular complexity index is 2220. The topological polar surface area (TPSA) is 0 Å². The molecule has 1 aliphatic carbocycles. The van der Waals surface area contributed by atoms with E-state index in [0.29, 0.717) is 0 Å². The first-order valence-corrected chi connectivity index (χ1v) is 15.7. The number of benzene rings is 8. The summed E-state index contributed by atoms with van der Waals surface area (Å²) < 4.78 is 0. The Labute approximate surface area is 263 Å². The second-order valence-electron chi connectivity index (χ2n) is 12.1. The molecule has 0 unspecified atom stereocenters. The minimum Gasteiger partial charge on any atom is -0.0619 e. The summed E-state index contributed by atoms with van der Waals surface area (Å²) in [4.78, 5) is 0. The van der Waals surface area contributed by atoms with Crippen molar-refractivity contribution in [3.8, 4) is 33.4 Å². The lowest BCUT2D eigenvalue weighted by atomic mass is 9.67. The van der Waals surface area contributed by atoms with E-state index in [1.165, 1.54) is 77.2 Å². The molecule has 0 spiro atoms. The second-order valence-corrected chi connectivity index (χ2v) is 12.1. The van der Waals surface area contributed by atoms with Crippen molar-refractivity contribution < 1.29 is 0 Å². The molecule has 8 aromatic carbocycles. The highest BCUT2D eigenvalue weighted by Crippen LogP contribution is 2.56. The first kappa shape index (κ1) is 25.7. The van der Waals surface area contributed by atoms with E-state index in [9.17, 15) is 0 Å². The number of hydrogen-bond donors (Lipinski definition) is 0. The van der Waals surface area contributed by atoms with Crippen LogP contribution in [-0.4, -0.2) is 0 Å². The lowest BCUT2D eigenvalue weighted by molar-refractivity contribution is 0.769. The molecule has 0 atom stereocenters. The van der Waals surface area contributed by atoms with Gasteiger partial charge in [0.25, 0.3) is 0 Å². The molecule has 0 heterocycles. The number of fused-ring (bicyclic) bond motifs is 5. The molecule has 0 aromatic heterocycles. The molecule has 0 amide bonds. The van der Waals surface area contributed by atoms with Gasteiger partial charge in [-0.15, -0.1) is 0 Å². The zero-order chi connectivity index (χ0) is 29.8. The molecule has 8 aromatic rings. The standard InChI is InChI=1S/C45H30/c1-3-13-33-27-37(25-23-31(33)11-1)35-15-9-17-39(29-35)45(43-21-7-5-19-41(43)42-20-6-8-22-44(42)45)40-18-10-16-36(30-40)38-26-24-32-12-2-4-14-34(32)28-38/h1-30H. The predicted molar refractivity (Wildman–Crippen MR) is 190 cm³/mol. The van der Waals surface area contributed by atoms with Crippen molar-refractivity contribution in [1.29, 1.82) is 0 Å². The highest BCUT2D eigenvalue weighted by atomic mass is 14.5. The van der Waals surface area contributed by atoms with Gasteiger partial charge in [-0.2, -0.15) is 0 Å². The Hall–Kier alpha value is -5.72. The molecule has 0 saturated carbocycles. The van der Waals surface area contributed by atoms with Crippen LogP contribution >= 0.6 is 0 Å². The fourth-order valence-electron chi connectivity index (χ4n) is 7.63. The zero-order valence-corrected chi connectivity index (χ0v) is 24.8. The molecular formula is C45H30. The molecule has 0 bridgehead atoms. The van der Waals surface area contributed by atoms with Crippen LogP contribution in [0.5, 0.6) is 0 Å². The molecular weight excluding hydrogens is 540 g/mol. The van der Waals surface area contributed by atoms with Crippen LogP contribution in [0.25, 0.3) is 54.9 Å². The van der Waals surface area contributed by atoms with E-state index in [4.69, 9.17) is 0 Å². The van der Waals surface area contributed by atoms with E-state index in [-0.39, 0.29) is 0 Å². The van der Waals surface area contributed by atoms with E-state index in [2.05, 4.69) is 182 Å². The maximum atomic E-state index is 2.42. The van der Waals surface area contributed by atoms with Crippen LogP contribution in [-0.2, 0) is 5.41 Å². The number of hydrogen-bond acceptors (Lipinski definition) is 0. The molecule has 0 nitrogen and oxygen atoms in total. The molecule has 0 radical (unpaired) electrons. The fourth-order valence-corrected chi connectivity index (χ4v) is 7.63. The van der Waals surface area contributed by atoms with Crippen LogP contribution in [0.15, 0.2) is 182 Å². The van der Waals surface area contributed by atoms with E-state index in [0.717, 1.165) is 0 Å². The van der Waals surface area contributed by atoms with Gasteiger partial charge in [-0.05, 0) is 101 Å². The zero-order valence-electron chi connectivity index (χ0n) is 24.8. The lowest BCUT2D eigenvalue weighted by Crippen LogP contribution is -2.28. The Morgan fingerprint density at radius 2 is 0.667 bits per heavy atom. The third kappa shape index (κ3) is 4.00. The molecule has 210 valence electrons. The average molecular weight is 571 g/mol. The van der Waals surface area contributed by atoms with Gasteiger partial charge in [0.05, 0.1) is 5.41 Å². The van der Waals surface area contributed by atoms with Crippen LogP contribution in [0.2, 0.25) is 0 Å². The summed E-state index contributed by atoms with van der Waals surface area (Å²) in [6.07, 6.45) is 0. The maximum Gasteiger partial charge on any atom is 0.0713 e. The quantitative estimate of drug-likeness (QED) is 0.197. The van der Waals surface area contributed by atoms with Gasteiger partial charge in [0.1, 0.15) is 0 Å². The summed E-state index contributed by atoms with van der Waals surface area (Å²) in [7, 11) is 0. The van der Waals surface area contributed by atoms with Crippen molar-refractivity contribution in [2.45, 2.75) is 5.41 Å². The van der Waals surface area contributed by atoms with Crippen molar-refractivity contribution in [3.63, 3.8) is 0 Å². The van der Waals surface area contributed by atoms with Crippen LogP contribution < -0.4 is 0 Å². The van der Waals surface area contributed by atoms with E-state index in [1.807, 2.05) is 0 Å². The molecule has 0 aliphatic heterocycles. The van der Waals surface area contributed by atoms with E-state index < -0.39 is 5.41 Å². The molecule has 0 N–H and O–H groups in total. The molecule has 0 heteroatoms. The van der Waals surface area contributed by atoms with Crippen molar-refractivity contribution >= 4 is 21.5 Å². The first-order chi connectivity index (χ1) is 22.3. The van der Waals surface area contributed by atoms with Crippen LogP contribution in [0.4, 0.5) is 0 Å². The fraction of sp³-hybridized carbons (Fsp3) is 0.0222. The summed E-state index contributed by atoms with van der Waals surface area (Å²) >= 11 is 0. The maximum absolute atomic E-state index is 2.42. The Morgan fingerprint density at radius 3 is 1.16 bits per heavy atom. The van der Waals surface area contributed by atoms with Gasteiger partial charge in [-0.1, -0.05) is 158 Å². The smallest absolute Gasteiger partial charge is 0.0619 e. The highest BCUT2D eigenvalue weighted by Gasteiger charge is 2.46.